The number of anilines is 1. The summed E-state index contributed by atoms with van der Waals surface area (Å²) < 4.78 is 107. The molecule has 16 nitrogen and oxygen atoms in total. The summed E-state index contributed by atoms with van der Waals surface area (Å²) in [6.45, 7) is 6.86. The lowest BCUT2D eigenvalue weighted by Crippen LogP contribution is -2.30. The molecule has 5 rings (SSSR count). The molecule has 2 atom stereocenters. The minimum Gasteiger partial charge on any atom is -0.744 e. The zero-order chi connectivity index (χ0) is 48.5. The van der Waals surface area contributed by atoms with E-state index in [1.807, 2.05) is 43.9 Å². The van der Waals surface area contributed by atoms with E-state index >= 15 is 0 Å². The van der Waals surface area contributed by atoms with E-state index in [0.717, 1.165) is 37.1 Å². The predicted octanol–water partition coefficient (Wildman–Crippen LogP) is 7.35. The topological polar surface area (TPSA) is 256 Å². The molecule has 4 N–H and O–H groups in total. The molecule has 0 bridgehead atoms. The molecule has 0 aromatic heterocycles. The van der Waals surface area contributed by atoms with Crippen molar-refractivity contribution in [1.29, 1.82) is 0 Å². The summed E-state index contributed by atoms with van der Waals surface area (Å²) in [6, 6.07) is 8.64. The van der Waals surface area contributed by atoms with Gasteiger partial charge in [-0.05, 0) is 120 Å². The fourth-order valence-electron chi connectivity index (χ4n) is 9.66. The summed E-state index contributed by atoms with van der Waals surface area (Å²) in [5.41, 5.74) is 2.39. The number of carbonyl (C=O) groups is 3. The van der Waals surface area contributed by atoms with Crippen LogP contribution in [0.2, 0.25) is 0 Å². The maximum Gasteiger partial charge on any atom is 0.303 e. The van der Waals surface area contributed by atoms with Gasteiger partial charge in [-0.25, -0.2) is 8.42 Å². The number of aliphatic carboxylic acids is 1. The van der Waals surface area contributed by atoms with E-state index in [2.05, 4.69) is 9.89 Å². The number of allylic oxidation sites excluding steroid dienone is 4. The van der Waals surface area contributed by atoms with Gasteiger partial charge >= 0.3 is 5.97 Å². The van der Waals surface area contributed by atoms with Crippen molar-refractivity contribution in [3.63, 3.8) is 0 Å². The zero-order valence-corrected chi connectivity index (χ0v) is 40.6. The number of hydrogen-bond donors (Lipinski definition) is 4. The van der Waals surface area contributed by atoms with Crippen LogP contribution in [0.3, 0.4) is 0 Å². The minimum atomic E-state index is -4.77. The van der Waals surface area contributed by atoms with Crippen molar-refractivity contribution in [3.8, 4) is 0 Å². The van der Waals surface area contributed by atoms with Crippen LogP contribution in [0.1, 0.15) is 141 Å². The molecule has 364 valence electrons. The molecule has 0 saturated heterocycles. The number of rotatable bonds is 12. The number of ketones is 1. The molecule has 1 amide bonds. The molecule has 0 saturated carbocycles. The first-order valence-corrected chi connectivity index (χ1v) is 27.4. The quantitative estimate of drug-likeness (QED) is 0.0922. The number of nitrogens with one attached hydrogen (secondary N) is 1. The van der Waals surface area contributed by atoms with Crippen LogP contribution in [0, 0.1) is 5.92 Å². The second kappa shape index (κ2) is 22.2. The van der Waals surface area contributed by atoms with Crippen molar-refractivity contribution in [2.75, 3.05) is 30.3 Å². The van der Waals surface area contributed by atoms with Crippen LogP contribution in [0.4, 0.5) is 11.4 Å². The average molecular weight is 976 g/mol. The van der Waals surface area contributed by atoms with Gasteiger partial charge in [0.15, 0.2) is 5.71 Å². The van der Waals surface area contributed by atoms with Crippen molar-refractivity contribution >= 4 is 65.1 Å². The van der Waals surface area contributed by atoms with Gasteiger partial charge in [0.2, 0.25) is 11.6 Å². The highest BCUT2D eigenvalue weighted by atomic mass is 32.2. The van der Waals surface area contributed by atoms with Crippen LogP contribution >= 0.6 is 0 Å². The Kier molecular flexibility index (Phi) is 17.7. The van der Waals surface area contributed by atoms with Crippen LogP contribution in [-0.4, -0.2) is 97.4 Å². The summed E-state index contributed by atoms with van der Waals surface area (Å²) in [7, 11) is -13.7. The summed E-state index contributed by atoms with van der Waals surface area (Å²) in [4.78, 5) is 38.5. The number of fused-ring (bicyclic) bond motifs is 5. The van der Waals surface area contributed by atoms with Gasteiger partial charge in [-0.15, -0.1) is 0 Å². The number of amides is 1. The molecule has 0 radical (unpaired) electrons. The molecule has 3 aliphatic heterocycles. The number of unbranched alkanes of at least 4 members (excludes halogenated alkanes) is 2. The Labute approximate surface area is 389 Å². The van der Waals surface area contributed by atoms with E-state index in [1.54, 1.807) is 12.1 Å². The van der Waals surface area contributed by atoms with E-state index in [0.29, 0.717) is 99.8 Å². The summed E-state index contributed by atoms with van der Waals surface area (Å²) in [5.74, 6) is -1.30. The van der Waals surface area contributed by atoms with Gasteiger partial charge < -0.3 is 19.9 Å². The standard InChI is InChI=1S/C47H65N3O13S3/c1-46(2)38-31-36(65(58,59)60)23-25-40(38)49-28-12-6-8-16-35(51)22-21-34(15-7-4-10-20-45(53)54)33-48-44(52)19-9-5-11-27-47(3)39-32-37(66(61,62)63)24-26-41(39)50(29-14-30-64(55,56)57)43(47)18-13-17-42(46)49/h13,17-18,23-26,31-32,34H,4-12,14-16,19-22,27-30,33H2,1-3H3,(H4-,48,52,53,54,55,56,57,58,59,60,61,62,63). The smallest absolute Gasteiger partial charge is 0.303 e. The predicted molar refractivity (Wildman–Crippen MR) is 249 cm³/mol. The Hall–Kier alpha value is -4.27. The third-order valence-electron chi connectivity index (χ3n) is 13.3. The number of carboxylic acids is 1. The molecule has 2 aromatic carbocycles. The van der Waals surface area contributed by atoms with Gasteiger partial charge in [0, 0.05) is 79.7 Å². The second-order valence-electron chi connectivity index (χ2n) is 18.6. The van der Waals surface area contributed by atoms with Crippen LogP contribution in [0.15, 0.2) is 70.1 Å². The van der Waals surface area contributed by atoms with Crippen LogP contribution in [0.25, 0.3) is 0 Å². The lowest BCUT2D eigenvalue weighted by atomic mass is 9.77. The van der Waals surface area contributed by atoms with Gasteiger partial charge in [0.1, 0.15) is 22.4 Å². The van der Waals surface area contributed by atoms with E-state index in [-0.39, 0.29) is 53.2 Å². The van der Waals surface area contributed by atoms with Crippen LogP contribution < -0.4 is 10.2 Å². The van der Waals surface area contributed by atoms with E-state index in [4.69, 9.17) is 5.11 Å². The molecule has 2 unspecified atom stereocenters. The molecule has 3 aliphatic rings. The average Bonchev–Trinajstić information content (AvgIpc) is 3.58. The number of carbonyl (C=O) groups excluding carboxylic acids is 2. The van der Waals surface area contributed by atoms with Crippen molar-refractivity contribution < 1.29 is 63.0 Å². The van der Waals surface area contributed by atoms with E-state index < -0.39 is 52.9 Å². The summed E-state index contributed by atoms with van der Waals surface area (Å²) in [5, 5.41) is 12.1. The highest BCUT2D eigenvalue weighted by Crippen LogP contribution is 2.51. The number of carboxylic acid groups (broad SMARTS) is 1. The third kappa shape index (κ3) is 13.9. The first kappa shape index (κ1) is 52.7. The zero-order valence-electron chi connectivity index (χ0n) is 38.2. The molecule has 2 aromatic rings. The van der Waals surface area contributed by atoms with Gasteiger partial charge in [-0.1, -0.05) is 31.8 Å². The van der Waals surface area contributed by atoms with E-state index in [1.165, 1.54) is 24.3 Å². The minimum absolute atomic E-state index is 0.0280. The Morgan fingerprint density at radius 2 is 1.55 bits per heavy atom. The molecular formula is C47H65N3O13S3. The Morgan fingerprint density at radius 1 is 0.848 bits per heavy atom. The maximum atomic E-state index is 13.1. The van der Waals surface area contributed by atoms with Crippen molar-refractivity contribution in [2.24, 2.45) is 5.92 Å². The number of benzene rings is 2. The first-order chi connectivity index (χ1) is 30.9. The fourth-order valence-corrected chi connectivity index (χ4v) is 11.2. The largest absolute Gasteiger partial charge is 0.744 e. The number of Topliss-reactive ketones (excluding diaryl/α,β-unsaturated/α-hetero) is 1. The Balaban J connectivity index is 1.54. The molecule has 0 fully saturated rings. The summed E-state index contributed by atoms with van der Waals surface area (Å²) in [6.07, 6.45) is 14.5. The molecule has 0 aliphatic carbocycles. The van der Waals surface area contributed by atoms with Crippen LogP contribution in [-0.2, 0) is 55.6 Å². The molecule has 0 spiro atoms. The molecule has 66 heavy (non-hydrogen) atoms. The van der Waals surface area contributed by atoms with E-state index in [9.17, 15) is 53.3 Å². The summed E-state index contributed by atoms with van der Waals surface area (Å²) >= 11 is 0. The highest BCUT2D eigenvalue weighted by Gasteiger charge is 2.46. The fraction of sp³-hybridized carbons (Fsp3) is 0.574. The van der Waals surface area contributed by atoms with Crippen molar-refractivity contribution in [3.05, 3.63) is 71.5 Å². The lowest BCUT2D eigenvalue weighted by Gasteiger charge is -2.30. The number of hydrogen-bond acceptors (Lipinski definition) is 11. The van der Waals surface area contributed by atoms with Gasteiger partial charge in [0.25, 0.3) is 20.2 Å². The monoisotopic (exact) mass is 975 g/mol. The first-order valence-electron chi connectivity index (χ1n) is 22.9. The second-order valence-corrected chi connectivity index (χ2v) is 23.0. The number of nitrogens with zero attached hydrogens (tertiary/aromatic N) is 2. The van der Waals surface area contributed by atoms with Gasteiger partial charge in [-0.3, -0.25) is 23.5 Å². The molecular weight excluding hydrogens is 911 g/mol. The van der Waals surface area contributed by atoms with Crippen molar-refractivity contribution in [2.45, 2.75) is 151 Å². The molecule has 3 heterocycles. The SMILES string of the molecule is CC1(C)C2=[N+](CCCCCC(=O)CCC(CCCCCC(=O)O)CNC(=O)CCCCCC3(C)/C(=C/C=C/2)N(CCCS(=O)(=O)O)c2ccc(S(=O)(=O)O)cc23)c2ccc(S(=O)(=O)[O-])cc21. The lowest BCUT2D eigenvalue weighted by molar-refractivity contribution is -0.438. The maximum absolute atomic E-state index is 13.1. The highest BCUT2D eigenvalue weighted by molar-refractivity contribution is 7.86. The van der Waals surface area contributed by atoms with Gasteiger partial charge in [-0.2, -0.15) is 21.4 Å². The van der Waals surface area contributed by atoms with Crippen molar-refractivity contribution in [1.82, 2.24) is 5.32 Å². The Bertz CT molecular complexity index is 2570. The normalized spacial score (nSPS) is 23.1. The molecule has 19 heteroatoms. The van der Waals surface area contributed by atoms with Crippen LogP contribution in [0.5, 0.6) is 0 Å². The van der Waals surface area contributed by atoms with Gasteiger partial charge in [0.05, 0.1) is 21.0 Å². The third-order valence-corrected chi connectivity index (χ3v) is 15.8. The Morgan fingerprint density at radius 3 is 2.24 bits per heavy atom.